The van der Waals surface area contributed by atoms with E-state index < -0.39 is 34.3 Å². The van der Waals surface area contributed by atoms with Crippen molar-refractivity contribution < 1.29 is 22.4 Å². The van der Waals surface area contributed by atoms with Crippen molar-refractivity contribution in [3.05, 3.63) is 65.5 Å². The van der Waals surface area contributed by atoms with E-state index in [0.717, 1.165) is 22.5 Å². The van der Waals surface area contributed by atoms with Gasteiger partial charge in [0.2, 0.25) is 21.8 Å². The second-order valence-corrected chi connectivity index (χ2v) is 9.88. The molecule has 0 bridgehead atoms. The third-order valence-electron chi connectivity index (χ3n) is 5.17. The number of hydrogen-bond acceptors (Lipinski definition) is 4. The van der Waals surface area contributed by atoms with E-state index in [2.05, 4.69) is 5.32 Å². The Morgan fingerprint density at radius 2 is 1.76 bits per heavy atom. The van der Waals surface area contributed by atoms with Crippen molar-refractivity contribution in [3.63, 3.8) is 0 Å². The van der Waals surface area contributed by atoms with Gasteiger partial charge in [-0.1, -0.05) is 38.1 Å². The maximum atomic E-state index is 13.5. The van der Waals surface area contributed by atoms with Gasteiger partial charge in [-0.2, -0.15) is 0 Å². The summed E-state index contributed by atoms with van der Waals surface area (Å²) in [6, 6.07) is 11.7. The quantitative estimate of drug-likeness (QED) is 0.538. The largest absolute Gasteiger partial charge is 0.354 e. The van der Waals surface area contributed by atoms with E-state index >= 15 is 0 Å². The van der Waals surface area contributed by atoms with Crippen molar-refractivity contribution in [2.24, 2.45) is 0 Å². The Morgan fingerprint density at radius 3 is 2.30 bits per heavy atom. The standard InChI is InChI=1S/C24H32FN3O4S/c1-5-14-26-24(30)22(6-2)27(16-19-10-12-20(25)13-11-19)23(29)17-28(33(4,31)32)21-9-7-8-18(3)15-21/h7-13,15,22H,5-6,14,16-17H2,1-4H3,(H,26,30)/t22-/m1/s1. The molecule has 2 aromatic carbocycles. The highest BCUT2D eigenvalue weighted by Crippen LogP contribution is 2.21. The molecular formula is C24H32FN3O4S. The number of carbonyl (C=O) groups excluding carboxylic acids is 2. The maximum Gasteiger partial charge on any atom is 0.244 e. The molecule has 0 radical (unpaired) electrons. The molecule has 0 unspecified atom stereocenters. The van der Waals surface area contributed by atoms with Crippen LogP contribution in [0, 0.1) is 12.7 Å². The number of carbonyl (C=O) groups is 2. The monoisotopic (exact) mass is 477 g/mol. The summed E-state index contributed by atoms with van der Waals surface area (Å²) in [5, 5.41) is 2.81. The minimum Gasteiger partial charge on any atom is -0.354 e. The van der Waals surface area contributed by atoms with E-state index in [1.807, 2.05) is 19.9 Å². The van der Waals surface area contributed by atoms with Gasteiger partial charge in [-0.05, 0) is 55.2 Å². The fourth-order valence-corrected chi connectivity index (χ4v) is 4.31. The summed E-state index contributed by atoms with van der Waals surface area (Å²) in [6.07, 6.45) is 2.12. The lowest BCUT2D eigenvalue weighted by atomic mass is 10.1. The van der Waals surface area contributed by atoms with Crippen molar-refractivity contribution in [1.29, 1.82) is 0 Å². The Kier molecular flexibility index (Phi) is 9.40. The molecule has 180 valence electrons. The van der Waals surface area contributed by atoms with Crippen LogP contribution in [0.4, 0.5) is 10.1 Å². The van der Waals surface area contributed by atoms with Gasteiger partial charge < -0.3 is 10.2 Å². The summed E-state index contributed by atoms with van der Waals surface area (Å²) in [7, 11) is -3.77. The molecule has 1 N–H and O–H groups in total. The number of amides is 2. The van der Waals surface area contributed by atoms with Crippen molar-refractivity contribution in [2.75, 3.05) is 23.7 Å². The first-order chi connectivity index (χ1) is 15.6. The van der Waals surface area contributed by atoms with Crippen LogP contribution in [-0.4, -0.2) is 50.5 Å². The normalized spacial score (nSPS) is 12.2. The van der Waals surface area contributed by atoms with Crippen LogP contribution in [0.2, 0.25) is 0 Å². The molecule has 0 heterocycles. The Hall–Kier alpha value is -2.94. The van der Waals surface area contributed by atoms with Gasteiger partial charge in [0.05, 0.1) is 11.9 Å². The highest BCUT2D eigenvalue weighted by molar-refractivity contribution is 7.92. The van der Waals surface area contributed by atoms with Crippen LogP contribution in [0.15, 0.2) is 48.5 Å². The van der Waals surface area contributed by atoms with Gasteiger partial charge in [-0.25, -0.2) is 12.8 Å². The number of halogens is 1. The molecule has 0 aliphatic heterocycles. The molecule has 0 saturated heterocycles. The van der Waals surface area contributed by atoms with Crippen LogP contribution in [0.3, 0.4) is 0 Å². The smallest absolute Gasteiger partial charge is 0.244 e. The topological polar surface area (TPSA) is 86.8 Å². The summed E-state index contributed by atoms with van der Waals surface area (Å²) in [5.74, 6) is -1.24. The van der Waals surface area contributed by atoms with Crippen LogP contribution < -0.4 is 9.62 Å². The molecule has 33 heavy (non-hydrogen) atoms. The third-order valence-corrected chi connectivity index (χ3v) is 6.31. The zero-order valence-corrected chi connectivity index (χ0v) is 20.4. The summed E-state index contributed by atoms with van der Waals surface area (Å²) < 4.78 is 39.5. The van der Waals surface area contributed by atoms with Gasteiger partial charge >= 0.3 is 0 Å². The van der Waals surface area contributed by atoms with E-state index in [9.17, 15) is 22.4 Å². The fraction of sp³-hybridized carbons (Fsp3) is 0.417. The minimum atomic E-state index is -3.77. The summed E-state index contributed by atoms with van der Waals surface area (Å²) in [6.45, 7) is 5.60. The first-order valence-electron chi connectivity index (χ1n) is 10.9. The molecule has 0 aliphatic rings. The summed E-state index contributed by atoms with van der Waals surface area (Å²) in [4.78, 5) is 27.7. The molecular weight excluding hydrogens is 445 g/mol. The highest BCUT2D eigenvalue weighted by Gasteiger charge is 2.31. The van der Waals surface area contributed by atoms with Gasteiger partial charge in [0.15, 0.2) is 0 Å². The molecule has 2 aromatic rings. The number of anilines is 1. The van der Waals surface area contributed by atoms with Crippen LogP contribution in [0.5, 0.6) is 0 Å². The fourth-order valence-electron chi connectivity index (χ4n) is 3.47. The number of aryl methyl sites for hydroxylation is 1. The summed E-state index contributed by atoms with van der Waals surface area (Å²) >= 11 is 0. The van der Waals surface area contributed by atoms with Gasteiger partial charge in [0, 0.05) is 13.1 Å². The van der Waals surface area contributed by atoms with E-state index in [-0.39, 0.29) is 12.5 Å². The molecule has 0 aliphatic carbocycles. The van der Waals surface area contributed by atoms with E-state index in [0.29, 0.717) is 24.2 Å². The number of rotatable bonds is 11. The average Bonchev–Trinajstić information content (AvgIpc) is 2.76. The molecule has 7 nitrogen and oxygen atoms in total. The van der Waals surface area contributed by atoms with Gasteiger partial charge in [-0.15, -0.1) is 0 Å². The van der Waals surface area contributed by atoms with Crippen molar-refractivity contribution >= 4 is 27.5 Å². The Labute approximate surface area is 195 Å². The molecule has 0 saturated carbocycles. The SMILES string of the molecule is CCCNC(=O)[C@@H](CC)N(Cc1ccc(F)cc1)C(=O)CN(c1cccc(C)c1)S(C)(=O)=O. The molecule has 9 heteroatoms. The third kappa shape index (κ3) is 7.56. The predicted molar refractivity (Wildman–Crippen MR) is 128 cm³/mol. The van der Waals surface area contributed by atoms with Crippen LogP contribution in [0.1, 0.15) is 37.8 Å². The average molecular weight is 478 g/mol. The second kappa shape index (κ2) is 11.8. The van der Waals surface area contributed by atoms with Crippen LogP contribution >= 0.6 is 0 Å². The number of hydrogen-bond donors (Lipinski definition) is 1. The second-order valence-electron chi connectivity index (χ2n) is 7.97. The first kappa shape index (κ1) is 26.3. The Morgan fingerprint density at radius 1 is 1.09 bits per heavy atom. The van der Waals surface area contributed by atoms with E-state index in [1.54, 1.807) is 37.3 Å². The lowest BCUT2D eigenvalue weighted by molar-refractivity contribution is -0.140. The lowest BCUT2D eigenvalue weighted by Gasteiger charge is -2.33. The van der Waals surface area contributed by atoms with Crippen molar-refractivity contribution in [1.82, 2.24) is 10.2 Å². The number of benzene rings is 2. The molecule has 0 spiro atoms. The Bertz CT molecular complexity index is 1060. The zero-order valence-electron chi connectivity index (χ0n) is 19.5. The van der Waals surface area contributed by atoms with Crippen LogP contribution in [-0.2, 0) is 26.2 Å². The van der Waals surface area contributed by atoms with Gasteiger partial charge in [-0.3, -0.25) is 13.9 Å². The van der Waals surface area contributed by atoms with Crippen molar-refractivity contribution in [3.8, 4) is 0 Å². The summed E-state index contributed by atoms with van der Waals surface area (Å²) in [5.41, 5.74) is 1.85. The van der Waals surface area contributed by atoms with Gasteiger partial charge in [0.25, 0.3) is 0 Å². The molecule has 2 amide bonds. The molecule has 1 atom stereocenters. The number of nitrogens with one attached hydrogen (secondary N) is 1. The molecule has 0 aromatic heterocycles. The molecule has 0 fully saturated rings. The Balaban J connectivity index is 2.41. The highest BCUT2D eigenvalue weighted by atomic mass is 32.2. The van der Waals surface area contributed by atoms with E-state index in [4.69, 9.17) is 0 Å². The van der Waals surface area contributed by atoms with Crippen LogP contribution in [0.25, 0.3) is 0 Å². The van der Waals surface area contributed by atoms with Gasteiger partial charge in [0.1, 0.15) is 18.4 Å². The minimum absolute atomic E-state index is 0.0442. The maximum absolute atomic E-state index is 13.5. The number of nitrogens with zero attached hydrogens (tertiary/aromatic N) is 2. The number of sulfonamides is 1. The van der Waals surface area contributed by atoms with Crippen molar-refractivity contribution in [2.45, 2.75) is 46.2 Å². The zero-order chi connectivity index (χ0) is 24.6. The first-order valence-corrected chi connectivity index (χ1v) is 12.8. The van der Waals surface area contributed by atoms with E-state index in [1.165, 1.54) is 17.0 Å². The molecule has 2 rings (SSSR count). The lowest BCUT2D eigenvalue weighted by Crippen LogP contribution is -2.52. The predicted octanol–water partition coefficient (Wildman–Crippen LogP) is 3.23.